The summed E-state index contributed by atoms with van der Waals surface area (Å²) in [4.78, 5) is 23.5. The molecule has 1 aromatic carbocycles. The normalized spacial score (nSPS) is 37.2. The Labute approximate surface area is 145 Å². The Morgan fingerprint density at radius 1 is 1.40 bits per heavy atom. The van der Waals surface area contributed by atoms with Gasteiger partial charge in [-0.3, -0.25) is 9.78 Å². The van der Waals surface area contributed by atoms with Crippen molar-refractivity contribution in [3.8, 4) is 11.5 Å². The SMILES string of the molecule is CC(=O)OOc1ccc2c3c1O[C@H]1[C@@H](O)C=C[C@H]4[C@@H](C2)N(C)CC[C@@]341. The zero-order chi connectivity index (χ0) is 17.3. The van der Waals surface area contributed by atoms with Crippen LogP contribution in [0.5, 0.6) is 11.5 Å². The predicted octanol–water partition coefficient (Wildman–Crippen LogP) is 1.35. The van der Waals surface area contributed by atoms with E-state index in [4.69, 9.17) is 14.5 Å². The molecule has 0 aromatic heterocycles. The number of nitrogens with zero attached hydrogens (tertiary/aromatic N) is 1. The lowest BCUT2D eigenvalue weighted by Gasteiger charge is -2.56. The molecule has 6 heteroatoms. The molecule has 0 saturated carbocycles. The summed E-state index contributed by atoms with van der Waals surface area (Å²) in [6.07, 6.45) is 4.92. The van der Waals surface area contributed by atoms with Crippen molar-refractivity contribution >= 4 is 5.97 Å². The Hall–Kier alpha value is -2.05. The summed E-state index contributed by atoms with van der Waals surface area (Å²) in [5, 5.41) is 10.6. The summed E-state index contributed by atoms with van der Waals surface area (Å²) in [5.41, 5.74) is 2.15. The number of likely N-dealkylation sites (tertiary alicyclic amines) is 1. The van der Waals surface area contributed by atoms with Gasteiger partial charge in [-0.2, -0.15) is 0 Å². The number of carbonyl (C=O) groups is 1. The standard InChI is InChI=1S/C19H21NO5/c1-10(21)24-25-15-6-3-11-9-13-12-4-5-14(22)18-19(12,7-8-20(13)2)16(11)17(15)23-18/h3-6,12-14,18,22H,7-9H2,1-2H3/t12-,13+,14-,18-,19-/m0/s1. The molecule has 2 aliphatic heterocycles. The quantitative estimate of drug-likeness (QED) is 0.497. The van der Waals surface area contributed by atoms with Gasteiger partial charge in [0.25, 0.3) is 0 Å². The lowest BCUT2D eigenvalue weighted by atomic mass is 9.53. The number of rotatable bonds is 2. The highest BCUT2D eigenvalue weighted by Gasteiger charge is 2.64. The van der Waals surface area contributed by atoms with Gasteiger partial charge in [0.2, 0.25) is 5.75 Å². The van der Waals surface area contributed by atoms with E-state index in [-0.39, 0.29) is 11.5 Å². The van der Waals surface area contributed by atoms with Gasteiger partial charge >= 0.3 is 5.97 Å². The highest BCUT2D eigenvalue weighted by Crippen LogP contribution is 2.62. The molecule has 1 N–H and O–H groups in total. The average Bonchev–Trinajstić information content (AvgIpc) is 2.94. The zero-order valence-electron chi connectivity index (χ0n) is 14.3. The third kappa shape index (κ3) is 1.84. The van der Waals surface area contributed by atoms with Crippen LogP contribution in [0.2, 0.25) is 0 Å². The minimum absolute atomic E-state index is 0.232. The van der Waals surface area contributed by atoms with Crippen molar-refractivity contribution in [3.63, 3.8) is 0 Å². The maximum absolute atomic E-state index is 11.1. The largest absolute Gasteiger partial charge is 0.482 e. The second kappa shape index (κ2) is 4.99. The smallest absolute Gasteiger partial charge is 0.352 e. The van der Waals surface area contributed by atoms with Gasteiger partial charge in [0.15, 0.2) is 5.75 Å². The van der Waals surface area contributed by atoms with Crippen molar-refractivity contribution in [1.29, 1.82) is 0 Å². The fourth-order valence-corrected chi connectivity index (χ4v) is 5.40. The molecule has 2 aliphatic carbocycles. The van der Waals surface area contributed by atoms with Crippen LogP contribution in [0.1, 0.15) is 24.5 Å². The molecule has 2 bridgehead atoms. The second-order valence-electron chi connectivity index (χ2n) is 7.57. The van der Waals surface area contributed by atoms with Crippen LogP contribution >= 0.6 is 0 Å². The molecule has 132 valence electrons. The molecule has 5 rings (SSSR count). The van der Waals surface area contributed by atoms with E-state index in [1.54, 1.807) is 6.07 Å². The first kappa shape index (κ1) is 15.2. The first-order chi connectivity index (χ1) is 12.0. The summed E-state index contributed by atoms with van der Waals surface area (Å²) in [6.45, 7) is 2.26. The molecule has 1 spiro atoms. The van der Waals surface area contributed by atoms with Gasteiger partial charge in [0, 0.05) is 29.9 Å². The number of ether oxygens (including phenoxy) is 1. The summed E-state index contributed by atoms with van der Waals surface area (Å²) in [6, 6.07) is 4.24. The molecule has 1 aromatic rings. The first-order valence-corrected chi connectivity index (χ1v) is 8.77. The van der Waals surface area contributed by atoms with Crippen LogP contribution in [0.25, 0.3) is 0 Å². The maximum Gasteiger partial charge on any atom is 0.352 e. The number of carbonyl (C=O) groups excluding carboxylic acids is 1. The van der Waals surface area contributed by atoms with Crippen molar-refractivity contribution in [1.82, 2.24) is 4.90 Å². The lowest BCUT2D eigenvalue weighted by molar-refractivity contribution is -0.211. The Balaban J connectivity index is 1.69. The molecule has 4 aliphatic rings. The van der Waals surface area contributed by atoms with Crippen LogP contribution in [0.3, 0.4) is 0 Å². The molecule has 6 nitrogen and oxygen atoms in total. The minimum atomic E-state index is -0.653. The fraction of sp³-hybridized carbons (Fsp3) is 0.526. The Bertz CT molecular complexity index is 790. The van der Waals surface area contributed by atoms with Gasteiger partial charge in [-0.1, -0.05) is 18.2 Å². The monoisotopic (exact) mass is 343 g/mol. The Morgan fingerprint density at radius 3 is 3.04 bits per heavy atom. The number of piperidine rings is 1. The van der Waals surface area contributed by atoms with Crippen molar-refractivity contribution < 1.29 is 24.4 Å². The number of benzene rings is 1. The van der Waals surface area contributed by atoms with E-state index in [1.165, 1.54) is 12.5 Å². The molecule has 0 radical (unpaired) electrons. The third-order valence-corrected chi connectivity index (χ3v) is 6.38. The fourth-order valence-electron chi connectivity index (χ4n) is 5.40. The highest BCUT2D eigenvalue weighted by molar-refractivity contribution is 5.66. The minimum Gasteiger partial charge on any atom is -0.482 e. The van der Waals surface area contributed by atoms with Gasteiger partial charge in [0.1, 0.15) is 12.2 Å². The van der Waals surface area contributed by atoms with Gasteiger partial charge in [-0.05, 0) is 38.1 Å². The van der Waals surface area contributed by atoms with E-state index in [1.807, 2.05) is 12.1 Å². The summed E-state index contributed by atoms with van der Waals surface area (Å²) in [7, 11) is 2.17. The number of likely N-dealkylation sites (N-methyl/N-ethyl adjacent to an activating group) is 1. The van der Waals surface area contributed by atoms with Crippen LogP contribution in [0.4, 0.5) is 0 Å². The van der Waals surface area contributed by atoms with Crippen molar-refractivity contribution in [2.24, 2.45) is 5.92 Å². The summed E-state index contributed by atoms with van der Waals surface area (Å²) in [5.74, 6) is 0.815. The number of hydrogen-bond donors (Lipinski definition) is 1. The van der Waals surface area contributed by atoms with E-state index in [2.05, 4.69) is 18.0 Å². The van der Waals surface area contributed by atoms with Crippen LogP contribution in [-0.2, 0) is 21.5 Å². The highest BCUT2D eigenvalue weighted by atomic mass is 17.2. The molecule has 2 heterocycles. The van der Waals surface area contributed by atoms with E-state index in [0.29, 0.717) is 23.5 Å². The lowest BCUT2D eigenvalue weighted by Crippen LogP contribution is -2.64. The van der Waals surface area contributed by atoms with Gasteiger partial charge in [-0.15, -0.1) is 0 Å². The van der Waals surface area contributed by atoms with Gasteiger partial charge in [-0.25, -0.2) is 4.79 Å². The van der Waals surface area contributed by atoms with Crippen molar-refractivity contribution in [2.45, 2.75) is 43.4 Å². The molecule has 1 saturated heterocycles. The van der Waals surface area contributed by atoms with E-state index >= 15 is 0 Å². The molecule has 25 heavy (non-hydrogen) atoms. The van der Waals surface area contributed by atoms with Gasteiger partial charge < -0.3 is 14.7 Å². The number of aliphatic hydroxyl groups excluding tert-OH is 1. The maximum atomic E-state index is 11.1. The van der Waals surface area contributed by atoms with E-state index in [0.717, 1.165) is 24.9 Å². The van der Waals surface area contributed by atoms with E-state index < -0.39 is 12.1 Å². The molecule has 0 amide bonds. The Morgan fingerprint density at radius 2 is 2.24 bits per heavy atom. The second-order valence-corrected chi connectivity index (χ2v) is 7.57. The molecular weight excluding hydrogens is 322 g/mol. The summed E-state index contributed by atoms with van der Waals surface area (Å²) >= 11 is 0. The molecule has 5 atom stereocenters. The molecular formula is C19H21NO5. The van der Waals surface area contributed by atoms with Crippen LogP contribution < -0.4 is 9.62 Å². The average molecular weight is 343 g/mol. The van der Waals surface area contributed by atoms with Crippen LogP contribution in [-0.4, -0.2) is 47.8 Å². The first-order valence-electron chi connectivity index (χ1n) is 8.77. The molecule has 1 fully saturated rings. The Kier molecular flexibility index (Phi) is 3.04. The third-order valence-electron chi connectivity index (χ3n) is 6.38. The summed E-state index contributed by atoms with van der Waals surface area (Å²) < 4.78 is 6.25. The van der Waals surface area contributed by atoms with E-state index in [9.17, 15) is 9.90 Å². The van der Waals surface area contributed by atoms with Crippen LogP contribution in [0, 0.1) is 5.92 Å². The zero-order valence-corrected chi connectivity index (χ0v) is 14.3. The van der Waals surface area contributed by atoms with Gasteiger partial charge in [0.05, 0.1) is 0 Å². The topological polar surface area (TPSA) is 68.2 Å². The van der Waals surface area contributed by atoms with Crippen molar-refractivity contribution in [3.05, 3.63) is 35.4 Å². The van der Waals surface area contributed by atoms with Crippen molar-refractivity contribution in [2.75, 3.05) is 13.6 Å². The predicted molar refractivity (Wildman–Crippen MR) is 88.3 cm³/mol. The molecule has 0 unspecified atom stereocenters. The number of aliphatic hydroxyl groups is 1. The van der Waals surface area contributed by atoms with Crippen LogP contribution in [0.15, 0.2) is 24.3 Å². The number of hydrogen-bond acceptors (Lipinski definition) is 6.